The van der Waals surface area contributed by atoms with Gasteiger partial charge in [0.1, 0.15) is 5.75 Å². The standard InChI is InChI=1S/C38H24BNOS/c1-3-9-25(10-4-1)27-15-18-29(19-16-27)40-33-20-17-28(26-11-5-2-6-12-26)23-32(33)39-38-34(40)24-36-31(21-22-42-36)37(38)30-13-7-8-14-35(30)41-39/h1-24H. The second kappa shape index (κ2) is 9.23. The van der Waals surface area contributed by atoms with Crippen LogP contribution in [0.2, 0.25) is 0 Å². The van der Waals surface area contributed by atoms with E-state index in [9.17, 15) is 0 Å². The largest absolute Gasteiger partial charge is 0.551 e. The summed E-state index contributed by atoms with van der Waals surface area (Å²) in [5.41, 5.74) is 13.2. The average Bonchev–Trinajstić information content (AvgIpc) is 3.54. The molecule has 0 saturated heterocycles. The Bertz CT molecular complexity index is 2120. The van der Waals surface area contributed by atoms with Gasteiger partial charge in [-0.25, -0.2) is 0 Å². The number of para-hydroxylation sites is 1. The van der Waals surface area contributed by atoms with Crippen LogP contribution in [-0.2, 0) is 0 Å². The lowest BCUT2D eigenvalue weighted by atomic mass is 9.49. The van der Waals surface area contributed by atoms with E-state index in [-0.39, 0.29) is 6.92 Å². The van der Waals surface area contributed by atoms with Crippen LogP contribution in [0.25, 0.3) is 43.5 Å². The molecule has 42 heavy (non-hydrogen) atoms. The zero-order valence-corrected chi connectivity index (χ0v) is 23.5. The third kappa shape index (κ3) is 3.52. The highest BCUT2D eigenvalue weighted by atomic mass is 32.1. The molecule has 0 unspecified atom stereocenters. The van der Waals surface area contributed by atoms with Crippen molar-refractivity contribution in [2.24, 2.45) is 0 Å². The van der Waals surface area contributed by atoms with E-state index in [1.165, 1.54) is 54.5 Å². The second-order valence-corrected chi connectivity index (χ2v) is 11.8. The molecular formula is C38H24BNOS. The van der Waals surface area contributed by atoms with Crippen molar-refractivity contribution in [1.82, 2.24) is 0 Å². The van der Waals surface area contributed by atoms with Crippen LogP contribution in [0.15, 0.2) is 145 Å². The number of thiophene rings is 1. The minimum atomic E-state index is -0.201. The third-order valence-electron chi connectivity index (χ3n) is 8.57. The monoisotopic (exact) mass is 553 g/mol. The molecule has 0 atom stereocenters. The van der Waals surface area contributed by atoms with Crippen LogP contribution in [0.4, 0.5) is 17.1 Å². The molecule has 3 heterocycles. The molecule has 0 spiro atoms. The maximum atomic E-state index is 6.92. The zero-order valence-electron chi connectivity index (χ0n) is 22.7. The van der Waals surface area contributed by atoms with Gasteiger partial charge in [-0.1, -0.05) is 103 Å². The Morgan fingerprint density at radius 2 is 1.24 bits per heavy atom. The van der Waals surface area contributed by atoms with Crippen LogP contribution < -0.4 is 20.5 Å². The molecule has 2 nitrogen and oxygen atoms in total. The molecule has 9 rings (SSSR count). The van der Waals surface area contributed by atoms with Gasteiger partial charge in [0.2, 0.25) is 0 Å². The van der Waals surface area contributed by atoms with E-state index in [2.05, 4.69) is 150 Å². The Morgan fingerprint density at radius 3 is 2.02 bits per heavy atom. The van der Waals surface area contributed by atoms with Gasteiger partial charge in [-0.05, 0) is 75.1 Å². The summed E-state index contributed by atoms with van der Waals surface area (Å²) in [4.78, 5) is 2.44. The molecule has 0 N–H and O–H groups in total. The van der Waals surface area contributed by atoms with Crippen molar-refractivity contribution in [3.05, 3.63) is 145 Å². The molecule has 6 aromatic carbocycles. The summed E-state index contributed by atoms with van der Waals surface area (Å²) in [6, 6.07) is 50.1. The van der Waals surface area contributed by atoms with Gasteiger partial charge in [0.25, 0.3) is 0 Å². The fraction of sp³-hybridized carbons (Fsp3) is 0. The lowest BCUT2D eigenvalue weighted by Gasteiger charge is -2.40. The van der Waals surface area contributed by atoms with E-state index in [1.54, 1.807) is 11.3 Å². The Balaban J connectivity index is 1.32. The van der Waals surface area contributed by atoms with Crippen molar-refractivity contribution in [3.63, 3.8) is 0 Å². The van der Waals surface area contributed by atoms with Gasteiger partial charge in [-0.15, -0.1) is 11.3 Å². The number of anilines is 3. The lowest BCUT2D eigenvalue weighted by Crippen LogP contribution is -2.56. The first-order chi connectivity index (χ1) is 20.8. The van der Waals surface area contributed by atoms with Crippen LogP contribution in [0.5, 0.6) is 5.75 Å². The molecule has 4 heteroatoms. The molecule has 0 fully saturated rings. The molecule has 7 aromatic rings. The fourth-order valence-electron chi connectivity index (χ4n) is 6.66. The van der Waals surface area contributed by atoms with Crippen LogP contribution in [0, 0.1) is 0 Å². The first-order valence-electron chi connectivity index (χ1n) is 14.3. The number of hydrogen-bond donors (Lipinski definition) is 0. The van der Waals surface area contributed by atoms with Crippen LogP contribution >= 0.6 is 11.3 Å². The van der Waals surface area contributed by atoms with E-state index >= 15 is 0 Å². The topological polar surface area (TPSA) is 12.5 Å². The van der Waals surface area contributed by atoms with E-state index in [1.807, 2.05) is 0 Å². The Labute approximate surface area is 249 Å². The summed E-state index contributed by atoms with van der Waals surface area (Å²) >= 11 is 1.80. The summed E-state index contributed by atoms with van der Waals surface area (Å²) in [7, 11) is 0. The summed E-state index contributed by atoms with van der Waals surface area (Å²) in [5, 5.41) is 3.50. The summed E-state index contributed by atoms with van der Waals surface area (Å²) in [5.74, 6) is 0.941. The first kappa shape index (κ1) is 23.6. The number of fused-ring (bicyclic) bond motifs is 6. The third-order valence-corrected chi connectivity index (χ3v) is 9.44. The van der Waals surface area contributed by atoms with E-state index in [0.29, 0.717) is 0 Å². The fourth-order valence-corrected chi connectivity index (χ4v) is 7.48. The number of benzene rings is 6. The molecule has 0 saturated carbocycles. The highest BCUT2D eigenvalue weighted by Crippen LogP contribution is 2.47. The molecule has 2 aliphatic rings. The average molecular weight is 553 g/mol. The van der Waals surface area contributed by atoms with Gasteiger partial charge in [0.15, 0.2) is 0 Å². The quantitative estimate of drug-likeness (QED) is 0.202. The highest BCUT2D eigenvalue weighted by molar-refractivity contribution is 7.17. The van der Waals surface area contributed by atoms with E-state index in [4.69, 9.17) is 4.65 Å². The summed E-state index contributed by atoms with van der Waals surface area (Å²) < 4.78 is 8.21. The van der Waals surface area contributed by atoms with Crippen molar-refractivity contribution >= 4 is 56.3 Å². The van der Waals surface area contributed by atoms with E-state index < -0.39 is 0 Å². The molecule has 0 aliphatic carbocycles. The van der Waals surface area contributed by atoms with Crippen molar-refractivity contribution in [2.45, 2.75) is 0 Å². The minimum Gasteiger partial charge on any atom is -0.551 e. The molecule has 2 aliphatic heterocycles. The molecular weight excluding hydrogens is 529 g/mol. The van der Waals surface area contributed by atoms with Gasteiger partial charge in [0, 0.05) is 38.2 Å². The van der Waals surface area contributed by atoms with Gasteiger partial charge in [-0.2, -0.15) is 0 Å². The normalized spacial score (nSPS) is 12.9. The van der Waals surface area contributed by atoms with Gasteiger partial charge in [-0.3, -0.25) is 0 Å². The number of nitrogens with zero attached hydrogens (tertiary/aromatic N) is 1. The highest BCUT2D eigenvalue weighted by Gasteiger charge is 2.43. The van der Waals surface area contributed by atoms with Crippen molar-refractivity contribution in [3.8, 4) is 39.1 Å². The molecule has 0 amide bonds. The molecule has 0 radical (unpaired) electrons. The van der Waals surface area contributed by atoms with Gasteiger partial charge >= 0.3 is 6.92 Å². The van der Waals surface area contributed by atoms with Crippen LogP contribution in [-0.4, -0.2) is 6.92 Å². The molecule has 196 valence electrons. The van der Waals surface area contributed by atoms with Crippen molar-refractivity contribution < 1.29 is 4.65 Å². The predicted octanol–water partition coefficient (Wildman–Crippen LogP) is 9.18. The first-order valence-corrected chi connectivity index (χ1v) is 15.2. The van der Waals surface area contributed by atoms with Crippen molar-refractivity contribution in [2.75, 3.05) is 4.90 Å². The van der Waals surface area contributed by atoms with Gasteiger partial charge < -0.3 is 9.55 Å². The maximum Gasteiger partial charge on any atom is 0.431 e. The zero-order chi connectivity index (χ0) is 27.6. The number of rotatable bonds is 3. The van der Waals surface area contributed by atoms with E-state index in [0.717, 1.165) is 22.7 Å². The summed E-state index contributed by atoms with van der Waals surface area (Å²) in [6.07, 6.45) is 0. The molecule has 0 bridgehead atoms. The minimum absolute atomic E-state index is 0.201. The SMILES string of the molecule is c1ccc(-c2ccc(N3c4ccc(-c5ccccc5)cc4B4Oc5ccccc5-c5c4c3cc3sccc53)cc2)cc1. The van der Waals surface area contributed by atoms with Crippen LogP contribution in [0.1, 0.15) is 0 Å². The van der Waals surface area contributed by atoms with Crippen LogP contribution in [0.3, 0.4) is 0 Å². The predicted molar refractivity (Wildman–Crippen MR) is 178 cm³/mol. The summed E-state index contributed by atoms with van der Waals surface area (Å²) in [6.45, 7) is -0.201. The maximum absolute atomic E-state index is 6.92. The smallest absolute Gasteiger partial charge is 0.431 e. The lowest BCUT2D eigenvalue weighted by molar-refractivity contribution is 0.590. The Hall–Kier alpha value is -5.06. The Kier molecular flexibility index (Phi) is 5.20. The second-order valence-electron chi connectivity index (χ2n) is 10.9. The Morgan fingerprint density at radius 1 is 0.571 bits per heavy atom. The molecule has 1 aromatic heterocycles. The number of hydrogen-bond acceptors (Lipinski definition) is 3. The van der Waals surface area contributed by atoms with Gasteiger partial charge in [0.05, 0.1) is 0 Å². The van der Waals surface area contributed by atoms with Crippen molar-refractivity contribution in [1.29, 1.82) is 0 Å².